The van der Waals surface area contributed by atoms with Gasteiger partial charge in [0.1, 0.15) is 5.57 Å². The number of rotatable bonds is 4. The molecule has 166 valence electrons. The molecule has 33 heavy (non-hydrogen) atoms. The van der Waals surface area contributed by atoms with Crippen molar-refractivity contribution in [3.05, 3.63) is 94.0 Å². The summed E-state index contributed by atoms with van der Waals surface area (Å²) in [5, 5.41) is 0.663. The Kier molecular flexibility index (Phi) is 6.51. The molecule has 0 atom stereocenters. The lowest BCUT2D eigenvalue weighted by atomic mass is 10.0. The van der Waals surface area contributed by atoms with Gasteiger partial charge in [0.15, 0.2) is 5.11 Å². The summed E-state index contributed by atoms with van der Waals surface area (Å²) in [4.78, 5) is 31.6. The second-order valence-corrected chi connectivity index (χ2v) is 8.72. The van der Waals surface area contributed by atoms with E-state index in [1.54, 1.807) is 48.5 Å². The molecule has 1 fully saturated rings. The number of anilines is 3. The number of carbonyl (C=O) groups excluding carboxylic acids is 2. The van der Waals surface area contributed by atoms with Gasteiger partial charge in [-0.05, 0) is 66.3 Å². The van der Waals surface area contributed by atoms with E-state index >= 15 is 0 Å². The Morgan fingerprint density at radius 2 is 1.39 bits per heavy atom. The van der Waals surface area contributed by atoms with Crippen molar-refractivity contribution >= 4 is 75.5 Å². The molecule has 4 rings (SSSR count). The lowest BCUT2D eigenvalue weighted by molar-refractivity contribution is -0.120. The SMILES string of the molecule is CN(C)c1ccc(/C=C2\C(=O)N(c3ccccc3)C(=S)N(c3ccc(Cl)c(Cl)c3)C2=O)cc1. The Balaban J connectivity index is 1.84. The van der Waals surface area contributed by atoms with Gasteiger partial charge in [-0.3, -0.25) is 19.4 Å². The molecule has 8 heteroatoms. The maximum atomic E-state index is 13.5. The van der Waals surface area contributed by atoms with Crippen LogP contribution < -0.4 is 14.7 Å². The van der Waals surface area contributed by atoms with Crippen molar-refractivity contribution in [1.82, 2.24) is 0 Å². The zero-order chi connectivity index (χ0) is 23.7. The van der Waals surface area contributed by atoms with Gasteiger partial charge in [0.2, 0.25) is 0 Å². The third-order valence-corrected chi connectivity index (χ3v) is 6.25. The van der Waals surface area contributed by atoms with Crippen molar-refractivity contribution in [3.63, 3.8) is 0 Å². The summed E-state index contributed by atoms with van der Waals surface area (Å²) in [6, 6.07) is 21.3. The highest BCUT2D eigenvalue weighted by atomic mass is 35.5. The van der Waals surface area contributed by atoms with Gasteiger partial charge in [0.05, 0.1) is 21.4 Å². The Labute approximate surface area is 207 Å². The number of benzene rings is 3. The molecular weight excluding hydrogens is 477 g/mol. The summed E-state index contributed by atoms with van der Waals surface area (Å²) < 4.78 is 0. The minimum absolute atomic E-state index is 0.0175. The van der Waals surface area contributed by atoms with Crippen LogP contribution in [-0.4, -0.2) is 31.0 Å². The lowest BCUT2D eigenvalue weighted by Gasteiger charge is -2.36. The van der Waals surface area contributed by atoms with E-state index in [1.165, 1.54) is 9.80 Å². The van der Waals surface area contributed by atoms with Crippen LogP contribution in [0.5, 0.6) is 0 Å². The van der Waals surface area contributed by atoms with Crippen LogP contribution >= 0.6 is 35.4 Å². The van der Waals surface area contributed by atoms with E-state index < -0.39 is 11.8 Å². The predicted molar refractivity (Wildman–Crippen MR) is 139 cm³/mol. The molecule has 1 heterocycles. The van der Waals surface area contributed by atoms with Gasteiger partial charge in [-0.1, -0.05) is 53.5 Å². The molecule has 0 N–H and O–H groups in total. The molecule has 0 aliphatic carbocycles. The number of carbonyl (C=O) groups is 2. The van der Waals surface area contributed by atoms with Gasteiger partial charge in [0, 0.05) is 19.8 Å². The largest absolute Gasteiger partial charge is 0.378 e. The Morgan fingerprint density at radius 3 is 1.97 bits per heavy atom. The minimum Gasteiger partial charge on any atom is -0.378 e. The standard InChI is InChI=1S/C25H19Cl2N3O2S/c1-28(2)17-10-8-16(9-11-17)14-20-23(31)29(18-6-4-3-5-7-18)25(33)30(24(20)32)19-12-13-21(26)22(27)15-19/h3-15H,1-2H3/b20-14+. The van der Waals surface area contributed by atoms with Crippen LogP contribution in [0.2, 0.25) is 10.0 Å². The molecule has 3 aromatic rings. The monoisotopic (exact) mass is 495 g/mol. The number of amides is 2. The van der Waals surface area contributed by atoms with Crippen LogP contribution in [0.15, 0.2) is 78.4 Å². The lowest BCUT2D eigenvalue weighted by Crippen LogP contribution is -2.56. The number of nitrogens with zero attached hydrogens (tertiary/aromatic N) is 3. The highest BCUT2D eigenvalue weighted by molar-refractivity contribution is 7.81. The summed E-state index contributed by atoms with van der Waals surface area (Å²) in [5.41, 5.74) is 2.67. The second kappa shape index (κ2) is 9.35. The van der Waals surface area contributed by atoms with Crippen molar-refractivity contribution in [2.45, 2.75) is 0 Å². The predicted octanol–water partition coefficient (Wildman–Crippen LogP) is 5.81. The third kappa shape index (κ3) is 4.50. The molecule has 0 saturated carbocycles. The molecular formula is C25H19Cl2N3O2S. The summed E-state index contributed by atoms with van der Waals surface area (Å²) in [5.74, 6) is -1.03. The molecule has 0 radical (unpaired) electrons. The Bertz CT molecular complexity index is 1270. The van der Waals surface area contributed by atoms with E-state index in [-0.39, 0.29) is 15.7 Å². The molecule has 5 nitrogen and oxygen atoms in total. The van der Waals surface area contributed by atoms with Crippen molar-refractivity contribution in [2.24, 2.45) is 0 Å². The summed E-state index contributed by atoms with van der Waals surface area (Å²) in [6.07, 6.45) is 1.58. The molecule has 0 unspecified atom stereocenters. The highest BCUT2D eigenvalue weighted by Crippen LogP contribution is 2.33. The number of halogens is 2. The van der Waals surface area contributed by atoms with E-state index in [0.29, 0.717) is 22.0 Å². The number of thiocarbonyl (C=S) groups is 1. The molecule has 3 aromatic carbocycles. The fourth-order valence-electron chi connectivity index (χ4n) is 3.42. The van der Waals surface area contributed by atoms with E-state index in [2.05, 4.69) is 0 Å². The van der Waals surface area contributed by atoms with E-state index in [1.807, 2.05) is 49.3 Å². The maximum Gasteiger partial charge on any atom is 0.270 e. The van der Waals surface area contributed by atoms with Crippen LogP contribution in [-0.2, 0) is 9.59 Å². The second-order valence-electron chi connectivity index (χ2n) is 7.54. The average Bonchev–Trinajstić information content (AvgIpc) is 2.80. The molecule has 1 aliphatic rings. The molecule has 1 saturated heterocycles. The van der Waals surface area contributed by atoms with Crippen molar-refractivity contribution < 1.29 is 9.59 Å². The molecule has 0 bridgehead atoms. The number of para-hydroxylation sites is 1. The summed E-state index contributed by atoms with van der Waals surface area (Å²) in [7, 11) is 3.88. The Hall–Kier alpha value is -3.19. The fourth-order valence-corrected chi connectivity index (χ4v) is 4.09. The van der Waals surface area contributed by atoms with Crippen LogP contribution in [0.3, 0.4) is 0 Å². The first-order chi connectivity index (χ1) is 15.8. The van der Waals surface area contributed by atoms with E-state index in [9.17, 15) is 9.59 Å². The van der Waals surface area contributed by atoms with Crippen LogP contribution in [0.4, 0.5) is 17.1 Å². The Morgan fingerprint density at radius 1 is 0.788 bits per heavy atom. The van der Waals surface area contributed by atoms with Crippen molar-refractivity contribution in [1.29, 1.82) is 0 Å². The molecule has 0 aromatic heterocycles. The number of hydrogen-bond acceptors (Lipinski definition) is 4. The van der Waals surface area contributed by atoms with Crippen molar-refractivity contribution in [2.75, 3.05) is 28.8 Å². The topological polar surface area (TPSA) is 43.9 Å². The third-order valence-electron chi connectivity index (χ3n) is 5.15. The molecule has 0 spiro atoms. The normalized spacial score (nSPS) is 15.4. The maximum absolute atomic E-state index is 13.5. The zero-order valence-corrected chi connectivity index (χ0v) is 20.2. The van der Waals surface area contributed by atoms with Gasteiger partial charge in [-0.25, -0.2) is 0 Å². The van der Waals surface area contributed by atoms with Crippen LogP contribution in [0.1, 0.15) is 5.56 Å². The van der Waals surface area contributed by atoms with Gasteiger partial charge in [-0.2, -0.15) is 0 Å². The van der Waals surface area contributed by atoms with Crippen LogP contribution in [0.25, 0.3) is 6.08 Å². The first kappa shape index (κ1) is 23.0. The average molecular weight is 496 g/mol. The minimum atomic E-state index is -0.535. The zero-order valence-electron chi connectivity index (χ0n) is 17.8. The van der Waals surface area contributed by atoms with Crippen molar-refractivity contribution in [3.8, 4) is 0 Å². The van der Waals surface area contributed by atoms with Gasteiger partial charge < -0.3 is 4.90 Å². The molecule has 2 amide bonds. The summed E-state index contributed by atoms with van der Waals surface area (Å²) in [6.45, 7) is 0. The van der Waals surface area contributed by atoms with Gasteiger partial charge in [0.25, 0.3) is 11.8 Å². The van der Waals surface area contributed by atoms with Gasteiger partial charge >= 0.3 is 0 Å². The molecule has 1 aliphatic heterocycles. The quantitative estimate of drug-likeness (QED) is 0.260. The van der Waals surface area contributed by atoms with Crippen LogP contribution in [0, 0.1) is 0 Å². The summed E-state index contributed by atoms with van der Waals surface area (Å²) >= 11 is 17.9. The smallest absolute Gasteiger partial charge is 0.270 e. The van der Waals surface area contributed by atoms with E-state index in [4.69, 9.17) is 35.4 Å². The highest BCUT2D eigenvalue weighted by Gasteiger charge is 2.41. The fraction of sp³-hybridized carbons (Fsp3) is 0.0800. The first-order valence-electron chi connectivity index (χ1n) is 10.00. The van der Waals surface area contributed by atoms with E-state index in [0.717, 1.165) is 5.69 Å². The first-order valence-corrected chi connectivity index (χ1v) is 11.2. The van der Waals surface area contributed by atoms with Gasteiger partial charge in [-0.15, -0.1) is 0 Å². The number of hydrogen-bond donors (Lipinski definition) is 0.